The number of carbonyl (C=O) groups is 1. The topological polar surface area (TPSA) is 75.9 Å². The zero-order chi connectivity index (χ0) is 16.8. The number of aromatic nitrogens is 4. The van der Waals surface area contributed by atoms with E-state index < -0.39 is 0 Å². The summed E-state index contributed by atoms with van der Waals surface area (Å²) in [5.41, 5.74) is 1.03. The van der Waals surface area contributed by atoms with Gasteiger partial charge in [-0.2, -0.15) is 0 Å². The summed E-state index contributed by atoms with van der Waals surface area (Å²) < 4.78 is 3.08. The van der Waals surface area contributed by atoms with Crippen LogP contribution in [-0.4, -0.2) is 57.2 Å². The highest BCUT2D eigenvalue weighted by Crippen LogP contribution is 2.21. The third-order valence-corrected chi connectivity index (χ3v) is 4.72. The van der Waals surface area contributed by atoms with Crippen LogP contribution < -0.4 is 5.32 Å². The van der Waals surface area contributed by atoms with Crippen molar-refractivity contribution >= 4 is 27.5 Å². The van der Waals surface area contributed by atoms with Crippen molar-refractivity contribution in [1.29, 1.82) is 0 Å². The van der Waals surface area contributed by atoms with Crippen LogP contribution in [0, 0.1) is 0 Å². The van der Waals surface area contributed by atoms with Gasteiger partial charge in [0.15, 0.2) is 0 Å². The van der Waals surface area contributed by atoms with Gasteiger partial charge in [-0.15, -0.1) is 21.5 Å². The highest BCUT2D eigenvalue weighted by atomic mass is 32.1. The van der Waals surface area contributed by atoms with E-state index >= 15 is 0 Å². The van der Waals surface area contributed by atoms with E-state index in [1.165, 1.54) is 4.70 Å². The van der Waals surface area contributed by atoms with Gasteiger partial charge in [0.25, 0.3) is 0 Å². The van der Waals surface area contributed by atoms with E-state index in [1.807, 2.05) is 34.7 Å². The molecule has 1 amide bonds. The number of likely N-dealkylation sites (N-methyl/N-ethyl adjacent to an activating group) is 1. The molecule has 0 radical (unpaired) electrons. The van der Waals surface area contributed by atoms with Crippen LogP contribution >= 0.6 is 11.3 Å². The number of nitrogens with zero attached hydrogens (tertiary/aromatic N) is 5. The Morgan fingerprint density at radius 3 is 2.88 bits per heavy atom. The number of rotatable bonds is 8. The predicted octanol–water partition coefficient (Wildman–Crippen LogP) is 1.18. The van der Waals surface area contributed by atoms with Crippen molar-refractivity contribution in [3.63, 3.8) is 0 Å². The molecule has 0 aliphatic heterocycles. The van der Waals surface area contributed by atoms with Gasteiger partial charge in [-0.25, -0.2) is 4.98 Å². The maximum Gasteiger partial charge on any atom is 0.234 e. The number of fused-ring (bicyclic) bond motifs is 1. The summed E-state index contributed by atoms with van der Waals surface area (Å²) in [4.78, 5) is 18.5. The summed E-state index contributed by atoms with van der Waals surface area (Å²) in [5, 5.41) is 11.5. The fraction of sp³-hybridized carbons (Fsp3) is 0.375. The Hall–Kier alpha value is -2.32. The molecule has 3 rings (SSSR count). The van der Waals surface area contributed by atoms with Crippen LogP contribution in [0.1, 0.15) is 5.01 Å². The minimum atomic E-state index is 0.0300. The zero-order valence-corrected chi connectivity index (χ0v) is 14.4. The smallest absolute Gasteiger partial charge is 0.234 e. The number of thiazole rings is 1. The highest BCUT2D eigenvalue weighted by molar-refractivity contribution is 7.18. The van der Waals surface area contributed by atoms with Gasteiger partial charge in [-0.3, -0.25) is 9.69 Å². The second-order valence-electron chi connectivity index (χ2n) is 5.61. The van der Waals surface area contributed by atoms with Crippen molar-refractivity contribution in [2.45, 2.75) is 13.0 Å². The van der Waals surface area contributed by atoms with Crippen LogP contribution in [0.5, 0.6) is 0 Å². The molecule has 8 heteroatoms. The molecular formula is C16H20N6OS. The van der Waals surface area contributed by atoms with E-state index in [4.69, 9.17) is 0 Å². The van der Waals surface area contributed by atoms with E-state index in [0.717, 1.165) is 30.0 Å². The summed E-state index contributed by atoms with van der Waals surface area (Å²) in [7, 11) is 1.93. The van der Waals surface area contributed by atoms with Crippen molar-refractivity contribution in [2.24, 2.45) is 0 Å². The number of hydrogen-bond donors (Lipinski definition) is 1. The lowest BCUT2D eigenvalue weighted by molar-refractivity contribution is -0.121. The lowest BCUT2D eigenvalue weighted by Gasteiger charge is -2.16. The molecule has 1 aromatic carbocycles. The molecule has 24 heavy (non-hydrogen) atoms. The molecule has 2 heterocycles. The zero-order valence-electron chi connectivity index (χ0n) is 13.6. The molecule has 0 spiro atoms. The van der Waals surface area contributed by atoms with Gasteiger partial charge in [-0.05, 0) is 19.2 Å². The highest BCUT2D eigenvalue weighted by Gasteiger charge is 2.07. The first-order valence-corrected chi connectivity index (χ1v) is 8.64. The van der Waals surface area contributed by atoms with Crippen LogP contribution in [0.15, 0.2) is 36.9 Å². The minimum Gasteiger partial charge on any atom is -0.355 e. The van der Waals surface area contributed by atoms with Gasteiger partial charge in [0.05, 0.1) is 21.8 Å². The van der Waals surface area contributed by atoms with E-state index in [1.54, 1.807) is 24.0 Å². The van der Waals surface area contributed by atoms with E-state index in [9.17, 15) is 4.79 Å². The maximum atomic E-state index is 12.0. The van der Waals surface area contributed by atoms with Crippen LogP contribution in [0.4, 0.5) is 0 Å². The SMILES string of the molecule is CN(CCn1cnnc1)CC(=O)NCCc1nc2ccccc2s1. The molecule has 0 saturated carbocycles. The molecule has 7 nitrogen and oxygen atoms in total. The van der Waals surface area contributed by atoms with E-state index in [-0.39, 0.29) is 5.91 Å². The lowest BCUT2D eigenvalue weighted by atomic mass is 10.3. The van der Waals surface area contributed by atoms with Gasteiger partial charge in [-0.1, -0.05) is 12.1 Å². The Morgan fingerprint density at radius 2 is 2.08 bits per heavy atom. The summed E-state index contributed by atoms with van der Waals surface area (Å²) in [6.45, 7) is 2.52. The normalized spacial score (nSPS) is 11.2. The van der Waals surface area contributed by atoms with Crippen molar-refractivity contribution < 1.29 is 4.79 Å². The number of nitrogens with one attached hydrogen (secondary N) is 1. The molecular weight excluding hydrogens is 324 g/mol. The fourth-order valence-corrected chi connectivity index (χ4v) is 3.31. The van der Waals surface area contributed by atoms with Crippen LogP contribution in [0.25, 0.3) is 10.2 Å². The maximum absolute atomic E-state index is 12.0. The minimum absolute atomic E-state index is 0.0300. The summed E-state index contributed by atoms with van der Waals surface area (Å²) >= 11 is 1.68. The molecule has 2 aromatic heterocycles. The monoisotopic (exact) mass is 344 g/mol. The first-order chi connectivity index (χ1) is 11.7. The molecule has 0 unspecified atom stereocenters. The number of hydrogen-bond acceptors (Lipinski definition) is 6. The Bertz CT molecular complexity index is 752. The lowest BCUT2D eigenvalue weighted by Crippen LogP contribution is -2.37. The Balaban J connectivity index is 1.37. The molecule has 0 bridgehead atoms. The van der Waals surface area contributed by atoms with Crippen LogP contribution in [0.3, 0.4) is 0 Å². The van der Waals surface area contributed by atoms with Gasteiger partial charge in [0.1, 0.15) is 12.7 Å². The molecule has 126 valence electrons. The second-order valence-corrected chi connectivity index (χ2v) is 6.73. The molecule has 0 saturated heterocycles. The average Bonchev–Trinajstić information content (AvgIpc) is 3.22. The fourth-order valence-electron chi connectivity index (χ4n) is 2.34. The van der Waals surface area contributed by atoms with Gasteiger partial charge >= 0.3 is 0 Å². The molecule has 0 fully saturated rings. The molecule has 0 atom stereocenters. The summed E-state index contributed by atoms with van der Waals surface area (Å²) in [6.07, 6.45) is 4.10. The molecule has 1 N–H and O–H groups in total. The second kappa shape index (κ2) is 7.98. The largest absolute Gasteiger partial charge is 0.355 e. The predicted molar refractivity (Wildman–Crippen MR) is 93.9 cm³/mol. The third kappa shape index (κ3) is 4.59. The van der Waals surface area contributed by atoms with Crippen molar-refractivity contribution in [3.8, 4) is 0 Å². The third-order valence-electron chi connectivity index (χ3n) is 3.62. The Morgan fingerprint density at radius 1 is 1.29 bits per heavy atom. The number of para-hydroxylation sites is 1. The Labute approximate surface area is 144 Å². The Kier molecular flexibility index (Phi) is 5.50. The summed E-state index contributed by atoms with van der Waals surface area (Å²) in [5.74, 6) is 0.0300. The van der Waals surface area contributed by atoms with Crippen molar-refractivity contribution in [3.05, 3.63) is 41.9 Å². The first-order valence-electron chi connectivity index (χ1n) is 7.83. The van der Waals surface area contributed by atoms with Crippen molar-refractivity contribution in [2.75, 3.05) is 26.7 Å². The van der Waals surface area contributed by atoms with E-state index in [0.29, 0.717) is 13.1 Å². The van der Waals surface area contributed by atoms with Gasteiger partial charge in [0, 0.05) is 26.1 Å². The summed E-state index contributed by atoms with van der Waals surface area (Å²) in [6, 6.07) is 8.09. The molecule has 0 aliphatic rings. The van der Waals surface area contributed by atoms with E-state index in [2.05, 4.69) is 26.6 Å². The first kappa shape index (κ1) is 16.5. The number of carbonyl (C=O) groups excluding carboxylic acids is 1. The van der Waals surface area contributed by atoms with Gasteiger partial charge < -0.3 is 9.88 Å². The van der Waals surface area contributed by atoms with Crippen LogP contribution in [0.2, 0.25) is 0 Å². The quantitative estimate of drug-likeness (QED) is 0.664. The molecule has 0 aliphatic carbocycles. The van der Waals surface area contributed by atoms with Crippen LogP contribution in [-0.2, 0) is 17.8 Å². The molecule has 3 aromatic rings. The number of amides is 1. The van der Waals surface area contributed by atoms with Crippen molar-refractivity contribution in [1.82, 2.24) is 30.0 Å². The standard InChI is InChI=1S/C16H20N6OS/c1-21(8-9-22-11-18-19-12-22)10-15(23)17-7-6-16-20-13-4-2-3-5-14(13)24-16/h2-5,11-12H,6-10H2,1H3,(H,17,23). The van der Waals surface area contributed by atoms with Gasteiger partial charge in [0.2, 0.25) is 5.91 Å². The number of benzene rings is 1. The average molecular weight is 344 g/mol.